The van der Waals surface area contributed by atoms with E-state index in [0.29, 0.717) is 18.0 Å². The largest absolute Gasteiger partial charge is 0.480 e. The van der Waals surface area contributed by atoms with E-state index >= 15 is 0 Å². The van der Waals surface area contributed by atoms with Crippen LogP contribution in [-0.4, -0.2) is 23.1 Å². The molecular formula is C16H16N2O2. The number of methoxy groups -OCH3 is 1. The van der Waals surface area contributed by atoms with Gasteiger partial charge in [0, 0.05) is 12.5 Å². The molecule has 0 fully saturated rings. The zero-order valence-electron chi connectivity index (χ0n) is 11.4. The Bertz CT molecular complexity index is 635. The first-order valence-corrected chi connectivity index (χ1v) is 6.78. The van der Waals surface area contributed by atoms with Gasteiger partial charge in [0.2, 0.25) is 5.88 Å². The zero-order chi connectivity index (χ0) is 13.9. The van der Waals surface area contributed by atoms with Crippen LogP contribution < -0.4 is 4.74 Å². The highest BCUT2D eigenvalue weighted by Crippen LogP contribution is 2.23. The van der Waals surface area contributed by atoms with E-state index in [-0.39, 0.29) is 5.78 Å². The Morgan fingerprint density at radius 2 is 2.00 bits per heavy atom. The number of aryl methyl sites for hydroxylation is 2. The smallest absolute Gasteiger partial charge is 0.233 e. The number of fused-ring (bicyclic) bond motifs is 1. The molecule has 0 saturated heterocycles. The highest BCUT2D eigenvalue weighted by atomic mass is 16.5. The van der Waals surface area contributed by atoms with Crippen LogP contribution in [0, 0.1) is 0 Å². The van der Waals surface area contributed by atoms with E-state index in [9.17, 15) is 4.79 Å². The van der Waals surface area contributed by atoms with Crippen molar-refractivity contribution >= 4 is 5.78 Å². The molecule has 102 valence electrons. The Hall–Kier alpha value is -2.23. The van der Waals surface area contributed by atoms with E-state index in [1.54, 1.807) is 12.1 Å². The molecule has 1 aliphatic carbocycles. The number of hydrogen-bond donors (Lipinski definition) is 0. The zero-order valence-corrected chi connectivity index (χ0v) is 11.4. The number of hydrogen-bond acceptors (Lipinski definition) is 4. The fourth-order valence-corrected chi connectivity index (χ4v) is 2.59. The second-order valence-electron chi connectivity index (χ2n) is 5.02. The van der Waals surface area contributed by atoms with Crippen LogP contribution >= 0.6 is 0 Å². The second-order valence-corrected chi connectivity index (χ2v) is 5.02. The van der Waals surface area contributed by atoms with Gasteiger partial charge in [-0.15, -0.1) is 10.2 Å². The summed E-state index contributed by atoms with van der Waals surface area (Å²) in [5.41, 5.74) is 4.24. The molecule has 0 aliphatic heterocycles. The van der Waals surface area contributed by atoms with Crippen LogP contribution in [0.3, 0.4) is 0 Å². The molecule has 1 aliphatic rings. The van der Waals surface area contributed by atoms with Gasteiger partial charge in [-0.1, -0.05) is 18.2 Å². The monoisotopic (exact) mass is 268 g/mol. The van der Waals surface area contributed by atoms with Gasteiger partial charge in [-0.25, -0.2) is 0 Å². The van der Waals surface area contributed by atoms with Gasteiger partial charge in [0.1, 0.15) is 5.69 Å². The summed E-state index contributed by atoms with van der Waals surface area (Å²) in [5.74, 6) is 0.400. The lowest BCUT2D eigenvalue weighted by Crippen LogP contribution is -2.07. The molecule has 20 heavy (non-hydrogen) atoms. The van der Waals surface area contributed by atoms with Crippen molar-refractivity contribution in [2.45, 2.75) is 25.7 Å². The molecule has 0 amide bonds. The Balaban J connectivity index is 1.75. The highest BCUT2D eigenvalue weighted by Gasteiger charge is 2.14. The first-order valence-electron chi connectivity index (χ1n) is 6.78. The SMILES string of the molecule is COc1ccc(C(=O)Cc2ccc3c(c2)CCC3)nn1. The van der Waals surface area contributed by atoms with Crippen molar-refractivity contribution < 1.29 is 9.53 Å². The van der Waals surface area contributed by atoms with Crippen LogP contribution in [0.1, 0.15) is 33.6 Å². The van der Waals surface area contributed by atoms with Crippen molar-refractivity contribution in [1.82, 2.24) is 10.2 Å². The number of benzene rings is 1. The molecule has 1 aromatic heterocycles. The van der Waals surface area contributed by atoms with Crippen LogP contribution in [0.15, 0.2) is 30.3 Å². The number of ether oxygens (including phenoxy) is 1. The minimum Gasteiger partial charge on any atom is -0.480 e. The first kappa shape index (κ1) is 12.8. The minimum atomic E-state index is -0.0156. The van der Waals surface area contributed by atoms with Crippen molar-refractivity contribution in [3.8, 4) is 5.88 Å². The van der Waals surface area contributed by atoms with Gasteiger partial charge < -0.3 is 4.74 Å². The molecule has 1 aromatic carbocycles. The number of rotatable bonds is 4. The van der Waals surface area contributed by atoms with Crippen LogP contribution in [0.25, 0.3) is 0 Å². The summed E-state index contributed by atoms with van der Waals surface area (Å²) in [6, 6.07) is 9.64. The average molecular weight is 268 g/mol. The van der Waals surface area contributed by atoms with Crippen molar-refractivity contribution in [3.05, 3.63) is 52.7 Å². The molecule has 3 rings (SSSR count). The third-order valence-electron chi connectivity index (χ3n) is 3.66. The van der Waals surface area contributed by atoms with E-state index in [1.165, 1.54) is 24.7 Å². The lowest BCUT2D eigenvalue weighted by Gasteiger charge is -2.04. The Morgan fingerprint density at radius 3 is 2.75 bits per heavy atom. The predicted molar refractivity (Wildman–Crippen MR) is 75.1 cm³/mol. The minimum absolute atomic E-state index is 0.0156. The topological polar surface area (TPSA) is 52.1 Å². The van der Waals surface area contributed by atoms with E-state index in [0.717, 1.165) is 18.4 Å². The van der Waals surface area contributed by atoms with Gasteiger partial charge in [-0.3, -0.25) is 4.79 Å². The lowest BCUT2D eigenvalue weighted by molar-refractivity contribution is 0.0987. The number of aromatic nitrogens is 2. The maximum atomic E-state index is 12.2. The van der Waals surface area contributed by atoms with E-state index in [4.69, 9.17) is 4.74 Å². The maximum absolute atomic E-state index is 12.2. The van der Waals surface area contributed by atoms with Crippen LogP contribution in [-0.2, 0) is 19.3 Å². The van der Waals surface area contributed by atoms with Gasteiger partial charge in [0.15, 0.2) is 5.78 Å². The fraction of sp³-hybridized carbons (Fsp3) is 0.312. The molecule has 0 bridgehead atoms. The van der Waals surface area contributed by atoms with Crippen molar-refractivity contribution in [2.24, 2.45) is 0 Å². The summed E-state index contributed by atoms with van der Waals surface area (Å²) in [6.45, 7) is 0. The summed E-state index contributed by atoms with van der Waals surface area (Å²) in [4.78, 5) is 12.2. The van der Waals surface area contributed by atoms with Crippen molar-refractivity contribution in [3.63, 3.8) is 0 Å². The van der Waals surface area contributed by atoms with Gasteiger partial charge >= 0.3 is 0 Å². The lowest BCUT2D eigenvalue weighted by atomic mass is 10.0. The molecule has 0 radical (unpaired) electrons. The van der Waals surface area contributed by atoms with Gasteiger partial charge in [-0.05, 0) is 42.0 Å². The molecule has 0 N–H and O–H groups in total. The summed E-state index contributed by atoms with van der Waals surface area (Å²) in [6.07, 6.45) is 3.87. The number of Topliss-reactive ketones (excluding diaryl/α,β-unsaturated/α-hetero) is 1. The average Bonchev–Trinajstić information content (AvgIpc) is 2.95. The quantitative estimate of drug-likeness (QED) is 0.799. The molecule has 0 spiro atoms. The van der Waals surface area contributed by atoms with Crippen molar-refractivity contribution in [2.75, 3.05) is 7.11 Å². The molecule has 4 heteroatoms. The van der Waals surface area contributed by atoms with E-state index in [2.05, 4.69) is 22.3 Å². The second kappa shape index (κ2) is 5.41. The van der Waals surface area contributed by atoms with Crippen LogP contribution in [0.2, 0.25) is 0 Å². The van der Waals surface area contributed by atoms with E-state index in [1.807, 2.05) is 6.07 Å². The fourth-order valence-electron chi connectivity index (χ4n) is 2.59. The van der Waals surface area contributed by atoms with Gasteiger partial charge in [0.05, 0.1) is 7.11 Å². The number of carbonyl (C=O) groups is 1. The molecule has 2 aromatic rings. The first-order chi connectivity index (χ1) is 9.76. The van der Waals surface area contributed by atoms with E-state index < -0.39 is 0 Å². The van der Waals surface area contributed by atoms with Crippen LogP contribution in [0.4, 0.5) is 0 Å². The summed E-state index contributed by atoms with van der Waals surface area (Å²) < 4.78 is 4.93. The number of nitrogens with zero attached hydrogens (tertiary/aromatic N) is 2. The van der Waals surface area contributed by atoms with Gasteiger partial charge in [0.25, 0.3) is 0 Å². The number of ketones is 1. The maximum Gasteiger partial charge on any atom is 0.233 e. The van der Waals surface area contributed by atoms with Crippen LogP contribution in [0.5, 0.6) is 5.88 Å². The molecule has 0 atom stereocenters. The molecule has 1 heterocycles. The molecule has 0 saturated carbocycles. The Morgan fingerprint density at radius 1 is 1.15 bits per heavy atom. The summed E-state index contributed by atoms with van der Waals surface area (Å²) >= 11 is 0. The molecule has 4 nitrogen and oxygen atoms in total. The van der Waals surface area contributed by atoms with Gasteiger partial charge in [-0.2, -0.15) is 0 Å². The summed E-state index contributed by atoms with van der Waals surface area (Å²) in [5, 5.41) is 7.72. The molecular weight excluding hydrogens is 252 g/mol. The standard InChI is InChI=1S/C16H16N2O2/c1-20-16-8-7-14(17-18-16)15(19)10-11-5-6-12-3-2-4-13(12)9-11/h5-9H,2-4,10H2,1H3. The predicted octanol–water partition coefficient (Wildman–Crippen LogP) is 2.40. The Labute approximate surface area is 117 Å². The highest BCUT2D eigenvalue weighted by molar-refractivity contribution is 5.95. The third kappa shape index (κ3) is 2.54. The van der Waals surface area contributed by atoms with Crippen molar-refractivity contribution in [1.29, 1.82) is 0 Å². The third-order valence-corrected chi connectivity index (χ3v) is 3.66. The molecule has 0 unspecified atom stereocenters. The summed E-state index contributed by atoms with van der Waals surface area (Å²) in [7, 11) is 1.52. The number of carbonyl (C=O) groups excluding carboxylic acids is 1. The Kier molecular flexibility index (Phi) is 3.46. The normalized spacial score (nSPS) is 13.1.